The highest BCUT2D eigenvalue weighted by Gasteiger charge is 2.27. The molecular formula is C19H25N3O3. The average Bonchev–Trinajstić information content (AvgIpc) is 3.02. The summed E-state index contributed by atoms with van der Waals surface area (Å²) in [6.45, 7) is 6.62. The number of likely N-dealkylation sites (tertiary alicyclic amines) is 1. The Bertz CT molecular complexity index is 763. The largest absolute Gasteiger partial charge is 0.489 e. The predicted octanol–water partition coefficient (Wildman–Crippen LogP) is 2.85. The lowest BCUT2D eigenvalue weighted by molar-refractivity contribution is 0.0107. The maximum absolute atomic E-state index is 12.7. The van der Waals surface area contributed by atoms with Crippen molar-refractivity contribution in [2.24, 2.45) is 0 Å². The van der Waals surface area contributed by atoms with E-state index in [1.165, 1.54) is 12.8 Å². The molecule has 1 aromatic heterocycles. The first-order chi connectivity index (χ1) is 12.3. The minimum atomic E-state index is -0.310. The van der Waals surface area contributed by atoms with Gasteiger partial charge in [0.2, 0.25) is 0 Å². The van der Waals surface area contributed by atoms with Crippen LogP contribution in [0.3, 0.4) is 0 Å². The second-order valence-electron chi connectivity index (χ2n) is 6.87. The third-order valence-corrected chi connectivity index (χ3v) is 5.12. The summed E-state index contributed by atoms with van der Waals surface area (Å²) in [5.74, 6) is 0.481. The van der Waals surface area contributed by atoms with Crippen molar-refractivity contribution in [2.75, 3.05) is 26.2 Å². The van der Waals surface area contributed by atoms with Crippen LogP contribution in [0.15, 0.2) is 18.2 Å². The molecule has 25 heavy (non-hydrogen) atoms. The highest BCUT2D eigenvalue weighted by molar-refractivity contribution is 6.03. The van der Waals surface area contributed by atoms with Crippen LogP contribution in [0.2, 0.25) is 0 Å². The number of carbonyl (C=O) groups excluding carboxylic acids is 1. The van der Waals surface area contributed by atoms with Crippen LogP contribution in [-0.2, 0) is 11.3 Å². The van der Waals surface area contributed by atoms with Crippen LogP contribution in [0.25, 0.3) is 10.9 Å². The third-order valence-electron chi connectivity index (χ3n) is 5.12. The lowest BCUT2D eigenvalue weighted by Gasteiger charge is -2.31. The van der Waals surface area contributed by atoms with E-state index < -0.39 is 0 Å². The SMILES string of the molecule is CCCCN1CCC(OC(=O)c2nn3c4c(cccc24)OCC3)CC1. The summed E-state index contributed by atoms with van der Waals surface area (Å²) in [6.07, 6.45) is 4.26. The van der Waals surface area contributed by atoms with Crippen molar-refractivity contribution in [3.05, 3.63) is 23.9 Å². The first kappa shape index (κ1) is 16.4. The number of aromatic nitrogens is 2. The van der Waals surface area contributed by atoms with Crippen LogP contribution in [0.5, 0.6) is 5.75 Å². The number of nitrogens with zero attached hydrogens (tertiary/aromatic N) is 3. The molecule has 1 aromatic carbocycles. The lowest BCUT2D eigenvalue weighted by Crippen LogP contribution is -2.38. The molecule has 4 rings (SSSR count). The lowest BCUT2D eigenvalue weighted by atomic mass is 10.1. The molecule has 3 heterocycles. The fourth-order valence-electron chi connectivity index (χ4n) is 3.72. The quantitative estimate of drug-likeness (QED) is 0.782. The zero-order valence-electron chi connectivity index (χ0n) is 14.7. The van der Waals surface area contributed by atoms with Crippen LogP contribution in [0.1, 0.15) is 43.1 Å². The highest BCUT2D eigenvalue weighted by Crippen LogP contribution is 2.31. The Morgan fingerprint density at radius 1 is 1.32 bits per heavy atom. The maximum atomic E-state index is 12.7. The van der Waals surface area contributed by atoms with Crippen molar-refractivity contribution in [1.82, 2.24) is 14.7 Å². The normalized spacial score (nSPS) is 18.3. The number of hydrogen-bond acceptors (Lipinski definition) is 5. The molecule has 0 radical (unpaired) electrons. The van der Waals surface area contributed by atoms with Gasteiger partial charge in [0.15, 0.2) is 5.69 Å². The maximum Gasteiger partial charge on any atom is 0.359 e. The Balaban J connectivity index is 1.44. The Hall–Kier alpha value is -2.08. The minimum Gasteiger partial charge on any atom is -0.489 e. The summed E-state index contributed by atoms with van der Waals surface area (Å²) >= 11 is 0. The number of carbonyl (C=O) groups is 1. The van der Waals surface area contributed by atoms with Gasteiger partial charge in [-0.25, -0.2) is 4.79 Å². The van der Waals surface area contributed by atoms with Crippen molar-refractivity contribution < 1.29 is 14.3 Å². The van der Waals surface area contributed by atoms with Crippen molar-refractivity contribution in [3.8, 4) is 5.75 Å². The standard InChI is InChI=1S/C19H25N3O3/c1-2-3-9-21-10-7-14(8-11-21)25-19(23)17-15-5-4-6-16-18(15)22(20-17)12-13-24-16/h4-6,14H,2-3,7-13H2,1H3. The fraction of sp³-hybridized carbons (Fsp3) is 0.579. The smallest absolute Gasteiger partial charge is 0.359 e. The molecule has 0 aliphatic carbocycles. The van der Waals surface area contributed by atoms with E-state index in [9.17, 15) is 4.79 Å². The van der Waals surface area contributed by atoms with Gasteiger partial charge in [-0.15, -0.1) is 0 Å². The number of hydrogen-bond donors (Lipinski definition) is 0. The van der Waals surface area contributed by atoms with Crippen LogP contribution < -0.4 is 4.74 Å². The molecule has 2 aliphatic heterocycles. The van der Waals surface area contributed by atoms with E-state index in [-0.39, 0.29) is 12.1 Å². The number of piperidine rings is 1. The van der Waals surface area contributed by atoms with Crippen molar-refractivity contribution in [3.63, 3.8) is 0 Å². The number of ether oxygens (including phenoxy) is 2. The molecule has 6 nitrogen and oxygen atoms in total. The van der Waals surface area contributed by atoms with Gasteiger partial charge in [-0.1, -0.05) is 25.5 Å². The van der Waals surface area contributed by atoms with Gasteiger partial charge in [-0.3, -0.25) is 4.68 Å². The zero-order valence-corrected chi connectivity index (χ0v) is 14.7. The minimum absolute atomic E-state index is 0.00450. The molecule has 1 fully saturated rings. The summed E-state index contributed by atoms with van der Waals surface area (Å²) in [5, 5.41) is 5.31. The van der Waals surface area contributed by atoms with Gasteiger partial charge in [0.05, 0.1) is 6.54 Å². The Kier molecular flexibility index (Phi) is 4.61. The van der Waals surface area contributed by atoms with E-state index in [4.69, 9.17) is 9.47 Å². The van der Waals surface area contributed by atoms with E-state index in [2.05, 4.69) is 16.9 Å². The summed E-state index contributed by atoms with van der Waals surface area (Å²) in [4.78, 5) is 15.2. The van der Waals surface area contributed by atoms with E-state index in [1.807, 2.05) is 22.9 Å². The molecule has 0 amide bonds. The van der Waals surface area contributed by atoms with Crippen molar-refractivity contribution in [2.45, 2.75) is 45.3 Å². The summed E-state index contributed by atoms with van der Waals surface area (Å²) in [7, 11) is 0. The highest BCUT2D eigenvalue weighted by atomic mass is 16.5. The van der Waals surface area contributed by atoms with Crippen molar-refractivity contribution in [1.29, 1.82) is 0 Å². The molecule has 6 heteroatoms. The van der Waals surface area contributed by atoms with Gasteiger partial charge in [0.1, 0.15) is 24.0 Å². The second-order valence-corrected chi connectivity index (χ2v) is 6.87. The third kappa shape index (κ3) is 3.23. The Morgan fingerprint density at radius 2 is 2.16 bits per heavy atom. The zero-order chi connectivity index (χ0) is 17.2. The van der Waals surface area contributed by atoms with Crippen LogP contribution in [-0.4, -0.2) is 53.0 Å². The van der Waals surface area contributed by atoms with Crippen LogP contribution >= 0.6 is 0 Å². The van der Waals surface area contributed by atoms with Gasteiger partial charge < -0.3 is 14.4 Å². The molecule has 0 saturated carbocycles. The predicted molar refractivity (Wildman–Crippen MR) is 95.0 cm³/mol. The topological polar surface area (TPSA) is 56.6 Å². The summed E-state index contributed by atoms with van der Waals surface area (Å²) < 4.78 is 13.3. The second kappa shape index (κ2) is 7.04. The monoisotopic (exact) mass is 343 g/mol. The summed E-state index contributed by atoms with van der Waals surface area (Å²) in [5.41, 5.74) is 1.31. The van der Waals surface area contributed by atoms with Gasteiger partial charge in [-0.05, 0) is 31.9 Å². The van der Waals surface area contributed by atoms with E-state index >= 15 is 0 Å². The van der Waals surface area contributed by atoms with Gasteiger partial charge in [-0.2, -0.15) is 5.10 Å². The molecule has 134 valence electrons. The molecule has 0 bridgehead atoms. The molecule has 0 spiro atoms. The molecule has 0 atom stereocenters. The Labute approximate surface area is 147 Å². The number of rotatable bonds is 5. The molecule has 2 aliphatic rings. The van der Waals surface area contributed by atoms with E-state index in [1.54, 1.807) is 0 Å². The van der Waals surface area contributed by atoms with E-state index in [0.29, 0.717) is 18.8 Å². The fourth-order valence-corrected chi connectivity index (χ4v) is 3.72. The average molecular weight is 343 g/mol. The van der Waals surface area contributed by atoms with Gasteiger partial charge in [0.25, 0.3) is 0 Å². The Morgan fingerprint density at radius 3 is 2.96 bits per heavy atom. The summed E-state index contributed by atoms with van der Waals surface area (Å²) in [6, 6.07) is 5.74. The molecule has 0 N–H and O–H groups in total. The van der Waals surface area contributed by atoms with E-state index in [0.717, 1.165) is 49.1 Å². The molecule has 0 unspecified atom stereocenters. The number of unbranched alkanes of at least 4 members (excludes halogenated alkanes) is 1. The number of benzene rings is 1. The molecule has 2 aromatic rings. The van der Waals surface area contributed by atoms with Gasteiger partial charge in [0, 0.05) is 18.5 Å². The molecular weight excluding hydrogens is 318 g/mol. The first-order valence-corrected chi connectivity index (χ1v) is 9.32. The number of para-hydroxylation sites is 1. The van der Waals surface area contributed by atoms with Gasteiger partial charge >= 0.3 is 5.97 Å². The van der Waals surface area contributed by atoms with Crippen LogP contribution in [0.4, 0.5) is 0 Å². The van der Waals surface area contributed by atoms with Crippen LogP contribution in [0, 0.1) is 0 Å². The molecule has 1 saturated heterocycles. The van der Waals surface area contributed by atoms with Crippen molar-refractivity contribution >= 4 is 16.9 Å². The first-order valence-electron chi connectivity index (χ1n) is 9.32. The number of esters is 1.